The van der Waals surface area contributed by atoms with Crippen molar-refractivity contribution in [2.75, 3.05) is 13.6 Å². The third-order valence-electron chi connectivity index (χ3n) is 4.36. The number of fused-ring (bicyclic) bond motifs is 1. The molecule has 27 heavy (non-hydrogen) atoms. The van der Waals surface area contributed by atoms with Crippen molar-refractivity contribution < 1.29 is 9.90 Å². The molecule has 136 valence electrons. The van der Waals surface area contributed by atoms with Gasteiger partial charge in [0.1, 0.15) is 5.70 Å². The Labute approximate surface area is 160 Å². The van der Waals surface area contributed by atoms with Crippen molar-refractivity contribution in [3.8, 4) is 0 Å². The van der Waals surface area contributed by atoms with Crippen LogP contribution in [0.4, 0.5) is 0 Å². The lowest BCUT2D eigenvalue weighted by atomic mass is 10.1. The van der Waals surface area contributed by atoms with Gasteiger partial charge in [-0.1, -0.05) is 36.4 Å². The van der Waals surface area contributed by atoms with Crippen LogP contribution in [0.2, 0.25) is 0 Å². The fourth-order valence-electron chi connectivity index (χ4n) is 2.86. The zero-order valence-electron chi connectivity index (χ0n) is 14.7. The van der Waals surface area contributed by atoms with Gasteiger partial charge in [0.25, 0.3) is 5.91 Å². The maximum Gasteiger partial charge on any atom is 0.279 e. The van der Waals surface area contributed by atoms with Crippen LogP contribution in [0.3, 0.4) is 0 Å². The molecule has 0 radical (unpaired) electrons. The number of likely N-dealkylation sites (N-methyl/N-ethyl adjacent to an activating group) is 1. The van der Waals surface area contributed by atoms with E-state index in [9.17, 15) is 9.90 Å². The highest BCUT2D eigenvalue weighted by molar-refractivity contribution is 7.16. The summed E-state index contributed by atoms with van der Waals surface area (Å²) >= 11 is 1.56. The Hall–Kier alpha value is -3.03. The van der Waals surface area contributed by atoms with Crippen molar-refractivity contribution in [2.24, 2.45) is 4.99 Å². The minimum absolute atomic E-state index is 0.184. The van der Waals surface area contributed by atoms with E-state index >= 15 is 0 Å². The second-order valence-electron chi connectivity index (χ2n) is 6.22. The summed E-state index contributed by atoms with van der Waals surface area (Å²) in [6.07, 6.45) is 1.08. The standard InChI is InChI=1S/C20H18N4O2S/c1-24-19(26)16(9-13-7-8-15-18(10-13)27-12-22-15)23-20(24)21-11-17(25)14-5-3-2-4-6-14/h2-10,12,17,25H,11H2,1H3,(H,21,23)/b16-9-. The molecular formula is C20H18N4O2S. The maximum absolute atomic E-state index is 12.5. The lowest BCUT2D eigenvalue weighted by Crippen LogP contribution is -2.39. The SMILES string of the molecule is CN1C(=O)/C(=C/c2ccc3ncsc3c2)N=C1NCC(O)c1ccccc1. The van der Waals surface area contributed by atoms with Gasteiger partial charge >= 0.3 is 0 Å². The van der Waals surface area contributed by atoms with Gasteiger partial charge in [-0.15, -0.1) is 11.3 Å². The van der Waals surface area contributed by atoms with Crippen LogP contribution in [0, 0.1) is 0 Å². The van der Waals surface area contributed by atoms with Gasteiger partial charge in [-0.3, -0.25) is 9.69 Å². The van der Waals surface area contributed by atoms with E-state index in [0.717, 1.165) is 21.3 Å². The molecule has 1 aliphatic rings. The van der Waals surface area contributed by atoms with Crippen LogP contribution >= 0.6 is 11.3 Å². The van der Waals surface area contributed by atoms with Crippen molar-refractivity contribution in [1.29, 1.82) is 0 Å². The van der Waals surface area contributed by atoms with E-state index in [1.807, 2.05) is 48.5 Å². The number of thiazole rings is 1. The molecule has 0 saturated carbocycles. The highest BCUT2D eigenvalue weighted by Crippen LogP contribution is 2.22. The molecule has 0 aliphatic carbocycles. The Morgan fingerprint density at radius 2 is 2.07 bits per heavy atom. The molecule has 1 unspecified atom stereocenters. The number of amides is 1. The average Bonchev–Trinajstić information content (AvgIpc) is 3.26. The lowest BCUT2D eigenvalue weighted by Gasteiger charge is -2.16. The molecule has 0 bridgehead atoms. The predicted octanol–water partition coefficient (Wildman–Crippen LogP) is 2.79. The quantitative estimate of drug-likeness (QED) is 0.685. The largest absolute Gasteiger partial charge is 0.387 e. The Kier molecular flexibility index (Phi) is 4.70. The molecule has 1 amide bonds. The van der Waals surface area contributed by atoms with Gasteiger partial charge in [0.2, 0.25) is 5.96 Å². The summed E-state index contributed by atoms with van der Waals surface area (Å²) in [6, 6.07) is 15.2. The van der Waals surface area contributed by atoms with Crippen molar-refractivity contribution >= 4 is 39.5 Å². The van der Waals surface area contributed by atoms with Gasteiger partial charge in [0, 0.05) is 13.6 Å². The molecular weight excluding hydrogens is 360 g/mol. The van der Waals surface area contributed by atoms with Gasteiger partial charge in [0.05, 0.1) is 21.8 Å². The summed E-state index contributed by atoms with van der Waals surface area (Å²) in [7, 11) is 1.66. The molecule has 0 fully saturated rings. The van der Waals surface area contributed by atoms with E-state index in [0.29, 0.717) is 11.7 Å². The maximum atomic E-state index is 12.5. The summed E-state index contributed by atoms with van der Waals surface area (Å²) in [5, 5.41) is 13.3. The molecule has 4 rings (SSSR count). The molecule has 0 saturated heterocycles. The first kappa shape index (κ1) is 17.4. The zero-order chi connectivity index (χ0) is 18.8. The third kappa shape index (κ3) is 3.60. The fraction of sp³-hybridized carbons (Fsp3) is 0.150. The van der Waals surface area contributed by atoms with Crippen molar-refractivity contribution in [1.82, 2.24) is 15.2 Å². The highest BCUT2D eigenvalue weighted by Gasteiger charge is 2.27. The third-order valence-corrected chi connectivity index (χ3v) is 5.16. The molecule has 2 heterocycles. The number of rotatable bonds is 4. The van der Waals surface area contributed by atoms with Crippen LogP contribution in [0.1, 0.15) is 17.2 Å². The molecule has 7 heteroatoms. The van der Waals surface area contributed by atoms with E-state index in [-0.39, 0.29) is 12.5 Å². The fourth-order valence-corrected chi connectivity index (χ4v) is 3.58. The molecule has 2 aromatic carbocycles. The molecule has 1 atom stereocenters. The Morgan fingerprint density at radius 1 is 1.26 bits per heavy atom. The molecule has 1 aliphatic heterocycles. The van der Waals surface area contributed by atoms with Crippen molar-refractivity contribution in [3.05, 3.63) is 70.9 Å². The minimum Gasteiger partial charge on any atom is -0.387 e. The number of guanidine groups is 1. The van der Waals surface area contributed by atoms with Gasteiger partial charge in [-0.05, 0) is 29.3 Å². The van der Waals surface area contributed by atoms with Crippen LogP contribution in [0.5, 0.6) is 0 Å². The van der Waals surface area contributed by atoms with Crippen LogP contribution in [-0.4, -0.2) is 40.4 Å². The van der Waals surface area contributed by atoms with E-state index in [4.69, 9.17) is 0 Å². The van der Waals surface area contributed by atoms with Crippen LogP contribution in [0.15, 0.2) is 64.7 Å². The first-order chi connectivity index (χ1) is 13.1. The summed E-state index contributed by atoms with van der Waals surface area (Å²) in [4.78, 5) is 22.6. The summed E-state index contributed by atoms with van der Waals surface area (Å²) < 4.78 is 1.07. The first-order valence-electron chi connectivity index (χ1n) is 8.50. The monoisotopic (exact) mass is 378 g/mol. The first-order valence-corrected chi connectivity index (χ1v) is 9.38. The van der Waals surface area contributed by atoms with Gasteiger partial charge in [-0.2, -0.15) is 0 Å². The number of hydrogen-bond acceptors (Lipinski definition) is 6. The summed E-state index contributed by atoms with van der Waals surface area (Å²) in [5.74, 6) is 0.246. The van der Waals surface area contributed by atoms with E-state index in [2.05, 4.69) is 15.3 Å². The number of carbonyl (C=O) groups is 1. The number of aromatic nitrogens is 1. The Morgan fingerprint density at radius 3 is 2.89 bits per heavy atom. The van der Waals surface area contributed by atoms with Crippen molar-refractivity contribution in [3.63, 3.8) is 0 Å². The number of aliphatic hydroxyl groups excluding tert-OH is 1. The molecule has 1 aromatic heterocycles. The van der Waals surface area contributed by atoms with E-state index in [1.165, 1.54) is 4.90 Å². The molecule has 0 spiro atoms. The smallest absolute Gasteiger partial charge is 0.279 e. The van der Waals surface area contributed by atoms with Crippen molar-refractivity contribution in [2.45, 2.75) is 6.10 Å². The Balaban J connectivity index is 1.51. The highest BCUT2D eigenvalue weighted by atomic mass is 32.1. The number of aliphatic hydroxyl groups is 1. The van der Waals surface area contributed by atoms with Crippen LogP contribution in [-0.2, 0) is 4.79 Å². The summed E-state index contributed by atoms with van der Waals surface area (Å²) in [6.45, 7) is 0.264. The normalized spacial score (nSPS) is 16.8. The second-order valence-corrected chi connectivity index (χ2v) is 7.10. The second kappa shape index (κ2) is 7.30. The number of carbonyl (C=O) groups excluding carboxylic acids is 1. The molecule has 2 N–H and O–H groups in total. The lowest BCUT2D eigenvalue weighted by molar-refractivity contribution is -0.121. The Bertz CT molecular complexity index is 1040. The molecule has 6 nitrogen and oxygen atoms in total. The van der Waals surface area contributed by atoms with E-state index in [1.54, 1.807) is 30.0 Å². The van der Waals surface area contributed by atoms with Crippen LogP contribution < -0.4 is 5.32 Å². The minimum atomic E-state index is -0.681. The zero-order valence-corrected chi connectivity index (χ0v) is 15.5. The number of hydrogen-bond donors (Lipinski definition) is 2. The van der Waals surface area contributed by atoms with Gasteiger partial charge in [0.15, 0.2) is 0 Å². The number of nitrogens with one attached hydrogen (secondary N) is 1. The summed E-state index contributed by atoms with van der Waals surface area (Å²) in [5.41, 5.74) is 4.81. The average molecular weight is 378 g/mol. The predicted molar refractivity (Wildman–Crippen MR) is 107 cm³/mol. The topological polar surface area (TPSA) is 77.8 Å². The van der Waals surface area contributed by atoms with Crippen LogP contribution in [0.25, 0.3) is 16.3 Å². The van der Waals surface area contributed by atoms with Gasteiger partial charge in [-0.25, -0.2) is 9.98 Å². The molecule has 3 aromatic rings. The number of aliphatic imine (C=N–C) groups is 1. The number of benzene rings is 2. The number of nitrogens with zero attached hydrogens (tertiary/aromatic N) is 3. The van der Waals surface area contributed by atoms with E-state index < -0.39 is 6.10 Å². The van der Waals surface area contributed by atoms with Gasteiger partial charge < -0.3 is 10.4 Å².